The molecule has 0 aliphatic heterocycles. The smallest absolute Gasteiger partial charge is 0.311 e. The third kappa shape index (κ3) is 4.01. The Labute approximate surface area is 93.7 Å². The van der Waals surface area contributed by atoms with Crippen LogP contribution in [0, 0.1) is 5.41 Å². The highest BCUT2D eigenvalue weighted by Gasteiger charge is 2.27. The van der Waals surface area contributed by atoms with Crippen LogP contribution in [0.25, 0.3) is 0 Å². The Morgan fingerprint density at radius 1 is 1.60 bits per heavy atom. The molecular formula is C11H16O3S. The topological polar surface area (TPSA) is 46.5 Å². The van der Waals surface area contributed by atoms with Crippen molar-refractivity contribution >= 4 is 17.3 Å². The minimum Gasteiger partial charge on any atom is -0.481 e. The second kappa shape index (κ2) is 5.28. The van der Waals surface area contributed by atoms with Crippen molar-refractivity contribution in [3.05, 3.63) is 22.4 Å². The third-order valence-corrected chi connectivity index (χ3v) is 3.05. The molecule has 4 heteroatoms. The van der Waals surface area contributed by atoms with Gasteiger partial charge in [-0.2, -0.15) is 0 Å². The predicted octanol–water partition coefficient (Wildman–Crippen LogP) is 2.42. The van der Waals surface area contributed by atoms with Gasteiger partial charge in [-0.25, -0.2) is 0 Å². The molecule has 1 heterocycles. The Morgan fingerprint density at radius 3 is 2.87 bits per heavy atom. The van der Waals surface area contributed by atoms with E-state index < -0.39 is 11.4 Å². The van der Waals surface area contributed by atoms with E-state index in [2.05, 4.69) is 6.07 Å². The van der Waals surface area contributed by atoms with Gasteiger partial charge in [-0.15, -0.1) is 11.3 Å². The molecule has 1 aromatic heterocycles. The van der Waals surface area contributed by atoms with E-state index in [1.54, 1.807) is 25.2 Å². The summed E-state index contributed by atoms with van der Waals surface area (Å²) in [5.74, 6) is -0.821. The molecule has 1 aromatic rings. The molecule has 0 aromatic carbocycles. The van der Waals surface area contributed by atoms with Gasteiger partial charge in [0.2, 0.25) is 0 Å². The maximum atomic E-state index is 10.8. The largest absolute Gasteiger partial charge is 0.481 e. The van der Waals surface area contributed by atoms with E-state index in [9.17, 15) is 4.79 Å². The Hall–Kier alpha value is -0.870. The van der Waals surface area contributed by atoms with Crippen molar-refractivity contribution in [2.45, 2.75) is 20.3 Å². The first-order valence-electron chi connectivity index (χ1n) is 4.86. The zero-order chi connectivity index (χ0) is 11.3. The van der Waals surface area contributed by atoms with E-state index in [-0.39, 0.29) is 6.61 Å². The molecule has 0 aliphatic carbocycles. The molecule has 15 heavy (non-hydrogen) atoms. The molecule has 0 atom stereocenters. The van der Waals surface area contributed by atoms with Crippen molar-refractivity contribution in [1.82, 2.24) is 0 Å². The second-order valence-corrected chi connectivity index (χ2v) is 5.10. The van der Waals surface area contributed by atoms with Gasteiger partial charge in [0.05, 0.1) is 18.6 Å². The van der Waals surface area contributed by atoms with E-state index in [0.717, 1.165) is 6.42 Å². The molecule has 0 spiro atoms. The predicted molar refractivity (Wildman–Crippen MR) is 60.3 cm³/mol. The summed E-state index contributed by atoms with van der Waals surface area (Å²) in [5, 5.41) is 10.9. The van der Waals surface area contributed by atoms with Crippen molar-refractivity contribution in [2.75, 3.05) is 13.2 Å². The summed E-state index contributed by atoms with van der Waals surface area (Å²) in [5.41, 5.74) is -0.796. The number of carboxylic acid groups (broad SMARTS) is 1. The van der Waals surface area contributed by atoms with Gasteiger partial charge in [0.1, 0.15) is 0 Å². The van der Waals surface area contributed by atoms with Gasteiger partial charge >= 0.3 is 5.97 Å². The summed E-state index contributed by atoms with van der Waals surface area (Å²) in [6, 6.07) is 4.05. The Kier molecular flexibility index (Phi) is 4.29. The van der Waals surface area contributed by atoms with Gasteiger partial charge in [-0.3, -0.25) is 4.79 Å². The first kappa shape index (κ1) is 12.2. The number of rotatable bonds is 6. The van der Waals surface area contributed by atoms with Gasteiger partial charge < -0.3 is 9.84 Å². The van der Waals surface area contributed by atoms with Gasteiger partial charge in [-0.1, -0.05) is 6.07 Å². The first-order valence-corrected chi connectivity index (χ1v) is 5.74. The van der Waals surface area contributed by atoms with Crippen LogP contribution in [0.15, 0.2) is 17.5 Å². The van der Waals surface area contributed by atoms with Crippen LogP contribution in [0.4, 0.5) is 0 Å². The molecule has 84 valence electrons. The van der Waals surface area contributed by atoms with Crippen LogP contribution < -0.4 is 0 Å². The lowest BCUT2D eigenvalue weighted by atomic mass is 9.95. The first-order chi connectivity index (χ1) is 7.02. The maximum Gasteiger partial charge on any atom is 0.311 e. The Bertz CT molecular complexity index is 304. The van der Waals surface area contributed by atoms with Crippen molar-refractivity contribution in [1.29, 1.82) is 0 Å². The van der Waals surface area contributed by atoms with E-state index >= 15 is 0 Å². The minimum atomic E-state index is -0.821. The highest BCUT2D eigenvalue weighted by Crippen LogP contribution is 2.16. The molecule has 0 radical (unpaired) electrons. The van der Waals surface area contributed by atoms with Crippen LogP contribution in [0.1, 0.15) is 18.7 Å². The summed E-state index contributed by atoms with van der Waals surface area (Å²) in [6.45, 7) is 4.17. The van der Waals surface area contributed by atoms with Crippen LogP contribution >= 0.6 is 11.3 Å². The summed E-state index contributed by atoms with van der Waals surface area (Å²) in [7, 11) is 0. The number of carbonyl (C=O) groups is 1. The van der Waals surface area contributed by atoms with Crippen LogP contribution in [0.5, 0.6) is 0 Å². The number of aliphatic carboxylic acids is 1. The van der Waals surface area contributed by atoms with Crippen LogP contribution in [0.2, 0.25) is 0 Å². The fraction of sp³-hybridized carbons (Fsp3) is 0.545. The molecule has 0 unspecified atom stereocenters. The molecule has 3 nitrogen and oxygen atoms in total. The van der Waals surface area contributed by atoms with Crippen molar-refractivity contribution in [3.8, 4) is 0 Å². The lowest BCUT2D eigenvalue weighted by molar-refractivity contribution is -0.150. The molecule has 0 saturated heterocycles. The number of ether oxygens (including phenoxy) is 1. The Morgan fingerprint density at radius 2 is 2.33 bits per heavy atom. The molecule has 1 rings (SSSR count). The fourth-order valence-corrected chi connectivity index (χ4v) is 1.71. The van der Waals surface area contributed by atoms with Crippen LogP contribution in [-0.4, -0.2) is 24.3 Å². The SMILES string of the molecule is CC(C)(COCCc1cccs1)C(=O)O. The van der Waals surface area contributed by atoms with Crippen molar-refractivity contribution in [3.63, 3.8) is 0 Å². The second-order valence-electron chi connectivity index (χ2n) is 4.07. The molecule has 0 fully saturated rings. The lowest BCUT2D eigenvalue weighted by Gasteiger charge is -2.18. The zero-order valence-electron chi connectivity index (χ0n) is 9.03. The minimum absolute atomic E-state index is 0.258. The van der Waals surface area contributed by atoms with Crippen LogP contribution in [-0.2, 0) is 16.0 Å². The average molecular weight is 228 g/mol. The molecule has 0 aliphatic rings. The molecule has 0 saturated carbocycles. The van der Waals surface area contributed by atoms with E-state index in [1.165, 1.54) is 4.88 Å². The number of carboxylic acids is 1. The monoisotopic (exact) mass is 228 g/mol. The number of hydrogen-bond donors (Lipinski definition) is 1. The molecule has 1 N–H and O–H groups in total. The average Bonchev–Trinajstić information content (AvgIpc) is 2.64. The normalized spacial score (nSPS) is 11.6. The number of hydrogen-bond acceptors (Lipinski definition) is 3. The summed E-state index contributed by atoms with van der Waals surface area (Å²) in [6.07, 6.45) is 0.855. The summed E-state index contributed by atoms with van der Waals surface area (Å²) >= 11 is 1.69. The molecular weight excluding hydrogens is 212 g/mol. The molecule has 0 amide bonds. The van der Waals surface area contributed by atoms with E-state index in [1.807, 2.05) is 11.4 Å². The van der Waals surface area contributed by atoms with Crippen LogP contribution in [0.3, 0.4) is 0 Å². The van der Waals surface area contributed by atoms with Crippen molar-refractivity contribution < 1.29 is 14.6 Å². The highest BCUT2D eigenvalue weighted by atomic mass is 32.1. The summed E-state index contributed by atoms with van der Waals surface area (Å²) in [4.78, 5) is 12.0. The van der Waals surface area contributed by atoms with Gasteiger partial charge in [-0.05, 0) is 25.3 Å². The van der Waals surface area contributed by atoms with Crippen molar-refractivity contribution in [2.24, 2.45) is 5.41 Å². The van der Waals surface area contributed by atoms with E-state index in [4.69, 9.17) is 9.84 Å². The highest BCUT2D eigenvalue weighted by molar-refractivity contribution is 7.09. The number of thiophene rings is 1. The quantitative estimate of drug-likeness (QED) is 0.761. The molecule has 0 bridgehead atoms. The standard InChI is InChI=1S/C11H16O3S/c1-11(2,10(12)13)8-14-6-5-9-4-3-7-15-9/h3-4,7H,5-6,8H2,1-2H3,(H,12,13). The maximum absolute atomic E-state index is 10.8. The van der Waals surface area contributed by atoms with Gasteiger partial charge in [0.25, 0.3) is 0 Å². The van der Waals surface area contributed by atoms with Gasteiger partial charge in [0.15, 0.2) is 0 Å². The Balaban J connectivity index is 2.19. The fourth-order valence-electron chi connectivity index (χ4n) is 1.02. The summed E-state index contributed by atoms with van der Waals surface area (Å²) < 4.78 is 5.36. The third-order valence-electron chi connectivity index (χ3n) is 2.11. The lowest BCUT2D eigenvalue weighted by Crippen LogP contribution is -2.29. The van der Waals surface area contributed by atoms with Gasteiger partial charge in [0, 0.05) is 11.3 Å². The zero-order valence-corrected chi connectivity index (χ0v) is 9.84. The van der Waals surface area contributed by atoms with E-state index in [0.29, 0.717) is 6.61 Å².